The van der Waals surface area contributed by atoms with Crippen LogP contribution in [0.25, 0.3) is 0 Å². The number of benzene rings is 1. The Kier molecular flexibility index (Phi) is 4.14. The third kappa shape index (κ3) is 3.44. The van der Waals surface area contributed by atoms with Gasteiger partial charge in [0.2, 0.25) is 0 Å². The summed E-state index contributed by atoms with van der Waals surface area (Å²) in [5.41, 5.74) is 1.71. The highest BCUT2D eigenvalue weighted by Gasteiger charge is 2.34. The minimum absolute atomic E-state index is 0.115. The second kappa shape index (κ2) is 5.93. The molecule has 2 aliphatic rings. The molecule has 2 bridgehead atoms. The van der Waals surface area contributed by atoms with E-state index in [1.165, 1.54) is 6.07 Å². The van der Waals surface area contributed by atoms with Gasteiger partial charge in [0.15, 0.2) is 0 Å². The van der Waals surface area contributed by atoms with Gasteiger partial charge >= 0.3 is 6.36 Å². The van der Waals surface area contributed by atoms with Crippen molar-refractivity contribution in [3.05, 3.63) is 41.5 Å². The fraction of sp³-hybridized carbons (Fsp3) is 0.500. The summed E-state index contributed by atoms with van der Waals surface area (Å²) in [6.07, 6.45) is -1.26. The summed E-state index contributed by atoms with van der Waals surface area (Å²) in [6.45, 7) is 1.31. The van der Waals surface area contributed by atoms with Crippen molar-refractivity contribution in [2.24, 2.45) is 0 Å². The maximum Gasteiger partial charge on any atom is 0.573 e. The van der Waals surface area contributed by atoms with E-state index in [4.69, 9.17) is 4.74 Å². The molecule has 2 unspecified atom stereocenters. The first-order valence-electron chi connectivity index (χ1n) is 7.25. The zero-order chi connectivity index (χ0) is 15.7. The largest absolute Gasteiger partial charge is 0.573 e. The Bertz CT molecular complexity index is 571. The quantitative estimate of drug-likeness (QED) is 0.800. The van der Waals surface area contributed by atoms with Crippen LogP contribution in [0.1, 0.15) is 12.0 Å². The van der Waals surface area contributed by atoms with Crippen molar-refractivity contribution < 1.29 is 22.6 Å². The maximum atomic E-state index is 12.5. The number of morpholine rings is 1. The van der Waals surface area contributed by atoms with E-state index in [0.29, 0.717) is 31.2 Å². The predicted octanol–water partition coefficient (Wildman–Crippen LogP) is 3.16. The number of alkyl halides is 3. The average molecular weight is 313 g/mol. The summed E-state index contributed by atoms with van der Waals surface area (Å²) in [4.78, 5) is 2.27. The van der Waals surface area contributed by atoms with Crippen LogP contribution in [0.3, 0.4) is 0 Å². The van der Waals surface area contributed by atoms with Gasteiger partial charge in [-0.3, -0.25) is 4.90 Å². The molecule has 0 radical (unpaired) electrons. The Balaban J connectivity index is 1.79. The van der Waals surface area contributed by atoms with Crippen molar-refractivity contribution in [3.8, 4) is 5.75 Å². The third-order valence-electron chi connectivity index (χ3n) is 4.24. The molecule has 2 aliphatic heterocycles. The standard InChI is InChI=1S/C16H18F3NO2/c1-20-13-7-11(8-14(20)10-21-9-13)6-12-4-2-3-5-15(12)22-16(17,18)19/h2-5,7,13-14H,6,8-10H2,1H3. The van der Waals surface area contributed by atoms with Gasteiger partial charge < -0.3 is 9.47 Å². The average Bonchev–Trinajstić information content (AvgIpc) is 2.40. The van der Waals surface area contributed by atoms with E-state index in [9.17, 15) is 13.2 Å². The van der Waals surface area contributed by atoms with E-state index in [1.807, 2.05) is 0 Å². The van der Waals surface area contributed by atoms with Crippen molar-refractivity contribution in [1.82, 2.24) is 4.90 Å². The van der Waals surface area contributed by atoms with Crippen LogP contribution in [0.4, 0.5) is 13.2 Å². The van der Waals surface area contributed by atoms with Crippen molar-refractivity contribution >= 4 is 0 Å². The summed E-state index contributed by atoms with van der Waals surface area (Å²) in [6, 6.07) is 6.84. The van der Waals surface area contributed by atoms with Gasteiger partial charge in [0.1, 0.15) is 5.75 Å². The number of halogens is 3. The van der Waals surface area contributed by atoms with Crippen molar-refractivity contribution in [2.75, 3.05) is 20.3 Å². The molecule has 3 nitrogen and oxygen atoms in total. The molecule has 0 amide bonds. The molecule has 0 saturated carbocycles. The smallest absolute Gasteiger partial charge is 0.405 e. The number of hydrogen-bond donors (Lipinski definition) is 0. The second-order valence-corrected chi connectivity index (χ2v) is 5.79. The summed E-state index contributed by atoms with van der Waals surface area (Å²) in [7, 11) is 2.06. The minimum Gasteiger partial charge on any atom is -0.405 e. The zero-order valence-electron chi connectivity index (χ0n) is 12.3. The molecule has 1 fully saturated rings. The SMILES string of the molecule is CN1C2C=C(Cc3ccccc3OC(F)(F)F)CC1COC2. The molecule has 0 spiro atoms. The number of nitrogens with zero attached hydrogens (tertiary/aromatic N) is 1. The van der Waals surface area contributed by atoms with Gasteiger partial charge in [-0.1, -0.05) is 29.8 Å². The molecular formula is C16H18F3NO2. The molecule has 0 aromatic heterocycles. The van der Waals surface area contributed by atoms with Gasteiger partial charge in [0, 0.05) is 6.04 Å². The van der Waals surface area contributed by atoms with E-state index in [2.05, 4.69) is 22.8 Å². The van der Waals surface area contributed by atoms with Crippen molar-refractivity contribution in [3.63, 3.8) is 0 Å². The summed E-state index contributed by atoms with van der Waals surface area (Å²) >= 11 is 0. The Morgan fingerprint density at radius 3 is 2.77 bits per heavy atom. The van der Waals surface area contributed by atoms with Gasteiger partial charge in [-0.2, -0.15) is 0 Å². The van der Waals surface area contributed by atoms with E-state index in [0.717, 1.165) is 12.0 Å². The molecule has 120 valence electrons. The normalized spacial score (nSPS) is 25.7. The van der Waals surface area contributed by atoms with E-state index in [-0.39, 0.29) is 11.8 Å². The lowest BCUT2D eigenvalue weighted by atomic mass is 9.90. The minimum atomic E-state index is -4.67. The number of fused-ring (bicyclic) bond motifs is 2. The number of para-hydroxylation sites is 1. The van der Waals surface area contributed by atoms with Crippen LogP contribution in [0, 0.1) is 0 Å². The molecule has 2 heterocycles. The highest BCUT2D eigenvalue weighted by atomic mass is 19.4. The molecule has 0 aliphatic carbocycles. The van der Waals surface area contributed by atoms with Crippen LogP contribution >= 0.6 is 0 Å². The van der Waals surface area contributed by atoms with Crippen LogP contribution in [-0.2, 0) is 11.2 Å². The molecule has 2 atom stereocenters. The lowest BCUT2D eigenvalue weighted by Crippen LogP contribution is -2.51. The number of likely N-dealkylation sites (N-methyl/N-ethyl adjacent to an activating group) is 1. The monoisotopic (exact) mass is 313 g/mol. The van der Waals surface area contributed by atoms with Crippen molar-refractivity contribution in [1.29, 1.82) is 0 Å². The fourth-order valence-corrected chi connectivity index (χ4v) is 3.09. The van der Waals surface area contributed by atoms with Crippen molar-refractivity contribution in [2.45, 2.75) is 31.3 Å². The highest BCUT2D eigenvalue weighted by Crippen LogP contribution is 2.32. The third-order valence-corrected chi connectivity index (χ3v) is 4.24. The molecule has 3 rings (SSSR count). The van der Waals surface area contributed by atoms with E-state index >= 15 is 0 Å². The molecular weight excluding hydrogens is 295 g/mol. The van der Waals surface area contributed by atoms with Crippen LogP contribution in [0.2, 0.25) is 0 Å². The van der Waals surface area contributed by atoms with Crippen LogP contribution in [-0.4, -0.2) is 43.6 Å². The Morgan fingerprint density at radius 2 is 2.05 bits per heavy atom. The van der Waals surface area contributed by atoms with Gasteiger partial charge in [0.05, 0.1) is 19.3 Å². The van der Waals surface area contributed by atoms with Gasteiger partial charge in [-0.15, -0.1) is 13.2 Å². The first-order chi connectivity index (χ1) is 10.4. The number of rotatable bonds is 3. The fourth-order valence-electron chi connectivity index (χ4n) is 3.09. The lowest BCUT2D eigenvalue weighted by Gasteiger charge is -2.42. The summed E-state index contributed by atoms with van der Waals surface area (Å²) in [5, 5.41) is 0. The maximum absolute atomic E-state index is 12.5. The summed E-state index contributed by atoms with van der Waals surface area (Å²) in [5.74, 6) is -0.115. The zero-order valence-corrected chi connectivity index (χ0v) is 12.3. The molecule has 1 aromatic rings. The van der Waals surface area contributed by atoms with Crippen LogP contribution < -0.4 is 4.74 Å². The van der Waals surface area contributed by atoms with Gasteiger partial charge in [0.25, 0.3) is 0 Å². The number of ether oxygens (including phenoxy) is 2. The number of hydrogen-bond acceptors (Lipinski definition) is 3. The lowest BCUT2D eigenvalue weighted by molar-refractivity contribution is -0.274. The molecule has 22 heavy (non-hydrogen) atoms. The predicted molar refractivity (Wildman–Crippen MR) is 75.7 cm³/mol. The molecule has 0 N–H and O–H groups in total. The highest BCUT2D eigenvalue weighted by molar-refractivity contribution is 5.37. The topological polar surface area (TPSA) is 21.7 Å². The second-order valence-electron chi connectivity index (χ2n) is 5.79. The van der Waals surface area contributed by atoms with E-state index in [1.54, 1.807) is 18.2 Å². The van der Waals surface area contributed by atoms with Crippen LogP contribution in [0.5, 0.6) is 5.75 Å². The molecule has 1 saturated heterocycles. The molecule has 6 heteroatoms. The first kappa shape index (κ1) is 15.4. The first-order valence-corrected chi connectivity index (χ1v) is 7.25. The van der Waals surface area contributed by atoms with Gasteiger partial charge in [-0.05, 0) is 31.5 Å². The van der Waals surface area contributed by atoms with Crippen LogP contribution in [0.15, 0.2) is 35.9 Å². The molecule has 1 aromatic carbocycles. The Labute approximate surface area is 127 Å². The Morgan fingerprint density at radius 1 is 1.27 bits per heavy atom. The summed E-state index contributed by atoms with van der Waals surface area (Å²) < 4.78 is 47.1. The van der Waals surface area contributed by atoms with E-state index < -0.39 is 6.36 Å². The van der Waals surface area contributed by atoms with Gasteiger partial charge in [-0.25, -0.2) is 0 Å². The Hall–Kier alpha value is -1.53.